The summed E-state index contributed by atoms with van der Waals surface area (Å²) < 4.78 is 1.95. The molecular weight excluding hydrogens is 509 g/mol. The second kappa shape index (κ2) is 10.8. The molecule has 2 N–H and O–H groups in total. The molecule has 0 atom stereocenters. The van der Waals surface area contributed by atoms with E-state index in [0.29, 0.717) is 5.96 Å². The largest absolute Gasteiger partial charge is 0.370 e. The van der Waals surface area contributed by atoms with Crippen LogP contribution in [-0.2, 0) is 6.42 Å². The van der Waals surface area contributed by atoms with Gasteiger partial charge < -0.3 is 15.5 Å². The molecule has 2 aromatic heterocycles. The molecule has 0 aliphatic carbocycles. The number of para-hydroxylation sites is 1. The van der Waals surface area contributed by atoms with Crippen molar-refractivity contribution in [2.24, 2.45) is 10.7 Å². The lowest BCUT2D eigenvalue weighted by atomic mass is 10.1. The molecule has 4 rings (SSSR count). The summed E-state index contributed by atoms with van der Waals surface area (Å²) in [6.45, 7) is 6.43. The van der Waals surface area contributed by atoms with Gasteiger partial charge in [0.15, 0.2) is 11.1 Å². The Hall–Kier alpha value is -2.14. The number of guanidine groups is 1. The van der Waals surface area contributed by atoms with Crippen LogP contribution in [-0.4, -0.2) is 58.3 Å². The standard InChI is InChI=1S/C21H27N7S.HI/c1-17-18(16-28(25-17)19-7-3-2-4-8-19)6-5-9-23-20(22)26-11-13-27(14-12-26)21-24-10-15-29-21;/h2-4,7-8,10,15-16H,5-6,9,11-14H2,1H3,(H2,22,23);1H. The molecule has 0 radical (unpaired) electrons. The Morgan fingerprint density at radius 2 is 1.93 bits per heavy atom. The van der Waals surface area contributed by atoms with E-state index in [2.05, 4.69) is 50.1 Å². The molecule has 1 aliphatic heterocycles. The Balaban J connectivity index is 0.00000256. The quantitative estimate of drug-likeness (QED) is 0.226. The second-order valence-electron chi connectivity index (χ2n) is 7.15. The Morgan fingerprint density at radius 3 is 2.63 bits per heavy atom. The highest BCUT2D eigenvalue weighted by Crippen LogP contribution is 2.19. The van der Waals surface area contributed by atoms with E-state index in [4.69, 9.17) is 5.73 Å². The summed E-state index contributed by atoms with van der Waals surface area (Å²) in [4.78, 5) is 13.5. The fourth-order valence-electron chi connectivity index (χ4n) is 3.52. The van der Waals surface area contributed by atoms with Crippen LogP contribution < -0.4 is 10.6 Å². The minimum Gasteiger partial charge on any atom is -0.370 e. The number of piperazine rings is 1. The number of halogens is 1. The molecular formula is C21H28IN7S. The zero-order valence-electron chi connectivity index (χ0n) is 17.1. The molecule has 1 fully saturated rings. The van der Waals surface area contributed by atoms with Gasteiger partial charge in [0.1, 0.15) is 0 Å². The summed E-state index contributed by atoms with van der Waals surface area (Å²) in [6, 6.07) is 10.2. The first kappa shape index (κ1) is 22.5. The summed E-state index contributed by atoms with van der Waals surface area (Å²) in [5.41, 5.74) is 9.65. The topological polar surface area (TPSA) is 75.6 Å². The van der Waals surface area contributed by atoms with Gasteiger partial charge in [0, 0.05) is 50.5 Å². The van der Waals surface area contributed by atoms with Gasteiger partial charge in [-0.25, -0.2) is 9.67 Å². The Bertz CT molecular complexity index is 932. The van der Waals surface area contributed by atoms with Gasteiger partial charge in [0.25, 0.3) is 0 Å². The van der Waals surface area contributed by atoms with E-state index in [-0.39, 0.29) is 24.0 Å². The maximum Gasteiger partial charge on any atom is 0.191 e. The third-order valence-electron chi connectivity index (χ3n) is 5.19. The van der Waals surface area contributed by atoms with Crippen LogP contribution in [0.5, 0.6) is 0 Å². The molecule has 3 aromatic rings. The van der Waals surface area contributed by atoms with E-state index < -0.39 is 0 Å². The molecule has 0 amide bonds. The average Bonchev–Trinajstić information content (AvgIpc) is 3.42. The number of benzene rings is 1. The lowest BCUT2D eigenvalue weighted by Gasteiger charge is -2.35. The first-order valence-corrected chi connectivity index (χ1v) is 10.9. The molecule has 1 aromatic carbocycles. The van der Waals surface area contributed by atoms with Gasteiger partial charge >= 0.3 is 0 Å². The SMILES string of the molecule is Cc1nn(-c2ccccc2)cc1CCCN=C(N)N1CCN(c2nccs2)CC1.I. The summed E-state index contributed by atoms with van der Waals surface area (Å²) in [6.07, 6.45) is 5.89. The third kappa shape index (κ3) is 5.51. The first-order valence-electron chi connectivity index (χ1n) is 10.0. The van der Waals surface area contributed by atoms with Crippen molar-refractivity contribution in [3.63, 3.8) is 0 Å². The van der Waals surface area contributed by atoms with Gasteiger partial charge in [0.2, 0.25) is 0 Å². The molecule has 160 valence electrons. The van der Waals surface area contributed by atoms with Crippen LogP contribution >= 0.6 is 35.3 Å². The maximum absolute atomic E-state index is 6.23. The zero-order chi connectivity index (χ0) is 20.1. The van der Waals surface area contributed by atoms with Crippen LogP contribution in [0.4, 0.5) is 5.13 Å². The predicted octanol–water partition coefficient (Wildman–Crippen LogP) is 3.32. The van der Waals surface area contributed by atoms with Crippen molar-refractivity contribution in [1.82, 2.24) is 19.7 Å². The van der Waals surface area contributed by atoms with Crippen molar-refractivity contribution in [3.05, 3.63) is 59.4 Å². The predicted molar refractivity (Wildman–Crippen MR) is 134 cm³/mol. The summed E-state index contributed by atoms with van der Waals surface area (Å²) >= 11 is 1.68. The van der Waals surface area contributed by atoms with Crippen LogP contribution in [0.2, 0.25) is 0 Å². The highest BCUT2D eigenvalue weighted by Gasteiger charge is 2.19. The van der Waals surface area contributed by atoms with E-state index in [1.54, 1.807) is 11.3 Å². The monoisotopic (exact) mass is 537 g/mol. The van der Waals surface area contributed by atoms with Gasteiger partial charge in [0.05, 0.1) is 11.4 Å². The van der Waals surface area contributed by atoms with Crippen molar-refractivity contribution in [3.8, 4) is 5.69 Å². The van der Waals surface area contributed by atoms with E-state index in [1.165, 1.54) is 5.56 Å². The Morgan fingerprint density at radius 1 is 1.17 bits per heavy atom. The molecule has 0 unspecified atom stereocenters. The van der Waals surface area contributed by atoms with Crippen molar-refractivity contribution < 1.29 is 0 Å². The number of rotatable bonds is 6. The highest BCUT2D eigenvalue weighted by atomic mass is 127. The second-order valence-corrected chi connectivity index (χ2v) is 8.03. The smallest absolute Gasteiger partial charge is 0.191 e. The summed E-state index contributed by atoms with van der Waals surface area (Å²) in [5.74, 6) is 0.653. The van der Waals surface area contributed by atoms with E-state index >= 15 is 0 Å². The van der Waals surface area contributed by atoms with Crippen LogP contribution in [0, 0.1) is 6.92 Å². The van der Waals surface area contributed by atoms with E-state index in [9.17, 15) is 0 Å². The number of nitrogens with zero attached hydrogens (tertiary/aromatic N) is 6. The van der Waals surface area contributed by atoms with Crippen LogP contribution in [0.1, 0.15) is 17.7 Å². The number of aryl methyl sites for hydroxylation is 2. The number of anilines is 1. The number of aliphatic imine (C=N–C) groups is 1. The van der Waals surface area contributed by atoms with Gasteiger partial charge in [-0.1, -0.05) is 18.2 Å². The average molecular weight is 537 g/mol. The number of nitrogens with two attached hydrogens (primary N) is 1. The molecule has 0 bridgehead atoms. The zero-order valence-corrected chi connectivity index (χ0v) is 20.3. The first-order chi connectivity index (χ1) is 14.2. The maximum atomic E-state index is 6.23. The third-order valence-corrected chi connectivity index (χ3v) is 6.03. The van der Waals surface area contributed by atoms with Crippen molar-refractivity contribution >= 4 is 46.4 Å². The lowest BCUT2D eigenvalue weighted by Crippen LogP contribution is -2.51. The molecule has 30 heavy (non-hydrogen) atoms. The molecule has 3 heterocycles. The fraction of sp³-hybridized carbons (Fsp3) is 0.381. The molecule has 1 aliphatic rings. The van der Waals surface area contributed by atoms with Crippen molar-refractivity contribution in [2.75, 3.05) is 37.6 Å². The minimum absolute atomic E-state index is 0. The summed E-state index contributed by atoms with van der Waals surface area (Å²) in [7, 11) is 0. The number of thiazole rings is 1. The van der Waals surface area contributed by atoms with E-state index in [1.807, 2.05) is 34.5 Å². The summed E-state index contributed by atoms with van der Waals surface area (Å²) in [5, 5.41) is 7.74. The Labute approximate surface area is 198 Å². The molecule has 9 heteroatoms. The van der Waals surface area contributed by atoms with Crippen molar-refractivity contribution in [1.29, 1.82) is 0 Å². The van der Waals surface area contributed by atoms with Gasteiger partial charge in [-0.2, -0.15) is 5.10 Å². The van der Waals surface area contributed by atoms with Crippen LogP contribution in [0.15, 0.2) is 53.1 Å². The Kier molecular flexibility index (Phi) is 8.08. The minimum atomic E-state index is 0. The highest BCUT2D eigenvalue weighted by molar-refractivity contribution is 14.0. The van der Waals surface area contributed by atoms with Crippen molar-refractivity contribution in [2.45, 2.75) is 19.8 Å². The molecule has 1 saturated heterocycles. The van der Waals surface area contributed by atoms with Gasteiger partial charge in [-0.3, -0.25) is 4.99 Å². The normalized spacial score (nSPS) is 14.6. The lowest BCUT2D eigenvalue weighted by molar-refractivity contribution is 0.380. The molecule has 7 nitrogen and oxygen atoms in total. The fourth-order valence-corrected chi connectivity index (χ4v) is 4.21. The number of hydrogen-bond acceptors (Lipinski definition) is 5. The van der Waals surface area contributed by atoms with E-state index in [0.717, 1.165) is 62.1 Å². The van der Waals surface area contributed by atoms with Crippen LogP contribution in [0.3, 0.4) is 0 Å². The molecule has 0 saturated carbocycles. The number of hydrogen-bond donors (Lipinski definition) is 1. The van der Waals surface area contributed by atoms with Gasteiger partial charge in [-0.15, -0.1) is 35.3 Å². The number of aromatic nitrogens is 3. The molecule has 0 spiro atoms. The van der Waals surface area contributed by atoms with Gasteiger partial charge in [-0.05, 0) is 37.5 Å². The van der Waals surface area contributed by atoms with Crippen LogP contribution in [0.25, 0.3) is 5.69 Å².